The van der Waals surface area contributed by atoms with Gasteiger partial charge in [-0.25, -0.2) is 0 Å². The number of hydrogen-bond donors (Lipinski definition) is 1. The Morgan fingerprint density at radius 2 is 2.17 bits per heavy atom. The number of rotatable bonds is 2. The van der Waals surface area contributed by atoms with Crippen LogP contribution in [0.3, 0.4) is 0 Å². The van der Waals surface area contributed by atoms with E-state index in [2.05, 4.69) is 17.1 Å². The highest BCUT2D eigenvalue weighted by Gasteiger charge is 2.30. The van der Waals surface area contributed by atoms with Gasteiger partial charge in [-0.3, -0.25) is 4.79 Å². The number of nitrogens with zero attached hydrogens (tertiary/aromatic N) is 1. The van der Waals surface area contributed by atoms with Crippen LogP contribution >= 0.6 is 0 Å². The van der Waals surface area contributed by atoms with Gasteiger partial charge in [0.15, 0.2) is 0 Å². The average Bonchev–Trinajstić information content (AvgIpc) is 2.98. The Morgan fingerprint density at radius 1 is 1.35 bits per heavy atom. The Hall–Kier alpha value is -2.01. The highest BCUT2D eigenvalue weighted by molar-refractivity contribution is 5.87. The van der Waals surface area contributed by atoms with E-state index in [4.69, 9.17) is 9.47 Å². The van der Waals surface area contributed by atoms with Crippen molar-refractivity contribution in [3.8, 4) is 5.75 Å². The van der Waals surface area contributed by atoms with Crippen molar-refractivity contribution in [2.24, 2.45) is 5.92 Å². The van der Waals surface area contributed by atoms with Crippen LogP contribution in [-0.4, -0.2) is 42.7 Å². The van der Waals surface area contributed by atoms with Gasteiger partial charge < -0.3 is 19.4 Å². The highest BCUT2D eigenvalue weighted by atomic mass is 16.5. The first kappa shape index (κ1) is 14.6. The van der Waals surface area contributed by atoms with Gasteiger partial charge >= 0.3 is 0 Å². The van der Waals surface area contributed by atoms with E-state index >= 15 is 0 Å². The van der Waals surface area contributed by atoms with Gasteiger partial charge in [0.05, 0.1) is 13.7 Å². The maximum Gasteiger partial charge on any atom is 0.226 e. The van der Waals surface area contributed by atoms with E-state index < -0.39 is 0 Å². The van der Waals surface area contributed by atoms with E-state index in [1.165, 1.54) is 16.6 Å². The monoisotopic (exact) mass is 314 g/mol. The van der Waals surface area contributed by atoms with Crippen molar-refractivity contribution in [1.82, 2.24) is 9.88 Å². The molecular weight excluding hydrogens is 292 g/mol. The number of carbonyl (C=O) groups is 1. The molecule has 122 valence electrons. The molecule has 1 aromatic heterocycles. The molecule has 2 aromatic rings. The molecule has 2 aliphatic heterocycles. The molecule has 1 saturated heterocycles. The van der Waals surface area contributed by atoms with Gasteiger partial charge in [-0.2, -0.15) is 0 Å². The van der Waals surface area contributed by atoms with Crippen molar-refractivity contribution in [2.75, 3.05) is 26.9 Å². The van der Waals surface area contributed by atoms with Crippen LogP contribution in [-0.2, 0) is 22.5 Å². The van der Waals surface area contributed by atoms with Crippen LogP contribution < -0.4 is 4.74 Å². The van der Waals surface area contributed by atoms with Crippen molar-refractivity contribution in [3.05, 3.63) is 29.5 Å². The van der Waals surface area contributed by atoms with Gasteiger partial charge in [-0.05, 0) is 43.0 Å². The number of nitrogens with one attached hydrogen (secondary N) is 1. The van der Waals surface area contributed by atoms with E-state index in [-0.39, 0.29) is 11.8 Å². The topological polar surface area (TPSA) is 54.6 Å². The number of H-pyrrole nitrogens is 1. The summed E-state index contributed by atoms with van der Waals surface area (Å²) >= 11 is 0. The molecule has 5 nitrogen and oxygen atoms in total. The molecule has 1 amide bonds. The summed E-state index contributed by atoms with van der Waals surface area (Å²) in [5, 5.41) is 1.22. The third-order valence-electron chi connectivity index (χ3n) is 5.06. The van der Waals surface area contributed by atoms with Crippen molar-refractivity contribution < 1.29 is 14.3 Å². The highest BCUT2D eigenvalue weighted by Crippen LogP contribution is 2.31. The summed E-state index contributed by atoms with van der Waals surface area (Å²) in [6.07, 6.45) is 2.61. The van der Waals surface area contributed by atoms with Crippen LogP contribution in [0.25, 0.3) is 10.9 Å². The summed E-state index contributed by atoms with van der Waals surface area (Å²) < 4.78 is 10.7. The van der Waals surface area contributed by atoms with E-state index in [0.29, 0.717) is 19.8 Å². The molecule has 2 aliphatic rings. The lowest BCUT2D eigenvalue weighted by atomic mass is 9.96. The number of aromatic nitrogens is 1. The minimum Gasteiger partial charge on any atom is -0.497 e. The number of carbonyl (C=O) groups excluding carboxylic acids is 1. The molecule has 1 aromatic carbocycles. The lowest BCUT2D eigenvalue weighted by molar-refractivity contribution is -0.139. The predicted molar refractivity (Wildman–Crippen MR) is 87.5 cm³/mol. The maximum atomic E-state index is 12.7. The minimum atomic E-state index is 0.134. The normalized spacial score (nSPS) is 18.9. The van der Waals surface area contributed by atoms with Gasteiger partial charge in [0.1, 0.15) is 5.75 Å². The quantitative estimate of drug-likeness (QED) is 0.926. The summed E-state index contributed by atoms with van der Waals surface area (Å²) in [4.78, 5) is 18.2. The first-order valence-electron chi connectivity index (χ1n) is 8.30. The van der Waals surface area contributed by atoms with Gasteiger partial charge in [0.25, 0.3) is 0 Å². The van der Waals surface area contributed by atoms with Gasteiger partial charge in [-0.15, -0.1) is 0 Å². The molecule has 5 heteroatoms. The van der Waals surface area contributed by atoms with Crippen molar-refractivity contribution >= 4 is 16.8 Å². The number of ether oxygens (including phenoxy) is 2. The number of methoxy groups -OCH3 is 1. The third kappa shape index (κ3) is 2.59. The molecule has 1 fully saturated rings. The van der Waals surface area contributed by atoms with Gasteiger partial charge in [-0.1, -0.05) is 0 Å². The van der Waals surface area contributed by atoms with Gasteiger partial charge in [0.2, 0.25) is 5.91 Å². The van der Waals surface area contributed by atoms with Crippen LogP contribution in [0.4, 0.5) is 0 Å². The van der Waals surface area contributed by atoms with Crippen LogP contribution in [0.15, 0.2) is 18.2 Å². The Morgan fingerprint density at radius 3 is 2.96 bits per heavy atom. The number of aromatic amines is 1. The SMILES string of the molecule is COc1ccc2[nH]c3c(c2c1)CCN(C(=O)C1CCOCC1)C3. The fraction of sp³-hybridized carbons (Fsp3) is 0.500. The van der Waals surface area contributed by atoms with Crippen LogP contribution in [0.1, 0.15) is 24.1 Å². The first-order chi connectivity index (χ1) is 11.3. The lowest BCUT2D eigenvalue weighted by Crippen LogP contribution is -2.41. The molecule has 0 spiro atoms. The zero-order valence-electron chi connectivity index (χ0n) is 13.4. The standard InChI is InChI=1S/C18H22N2O3/c1-22-13-2-3-16-15(10-13)14-4-7-20(11-17(14)19-16)18(21)12-5-8-23-9-6-12/h2-3,10,12,19H,4-9,11H2,1H3. The predicted octanol–water partition coefficient (Wildman–Crippen LogP) is 2.49. The Bertz CT molecular complexity index is 731. The number of fused-ring (bicyclic) bond motifs is 3. The molecule has 0 bridgehead atoms. The van der Waals surface area contributed by atoms with Crippen LogP contribution in [0.2, 0.25) is 0 Å². The molecule has 23 heavy (non-hydrogen) atoms. The second-order valence-electron chi connectivity index (χ2n) is 6.39. The second-order valence-corrected chi connectivity index (χ2v) is 6.39. The molecule has 0 saturated carbocycles. The largest absolute Gasteiger partial charge is 0.497 e. The minimum absolute atomic E-state index is 0.134. The molecule has 0 unspecified atom stereocenters. The van der Waals surface area contributed by atoms with Crippen molar-refractivity contribution in [1.29, 1.82) is 0 Å². The van der Waals surface area contributed by atoms with E-state index in [0.717, 1.165) is 37.1 Å². The Labute approximate surface area is 135 Å². The summed E-state index contributed by atoms with van der Waals surface area (Å²) in [6.45, 7) is 2.90. The summed E-state index contributed by atoms with van der Waals surface area (Å²) in [7, 11) is 1.69. The van der Waals surface area contributed by atoms with Crippen molar-refractivity contribution in [2.45, 2.75) is 25.8 Å². The lowest BCUT2D eigenvalue weighted by Gasteiger charge is -2.32. The molecule has 1 N–H and O–H groups in total. The summed E-state index contributed by atoms with van der Waals surface area (Å²) in [5.74, 6) is 1.30. The van der Waals surface area contributed by atoms with E-state index in [9.17, 15) is 4.79 Å². The van der Waals surface area contributed by atoms with Gasteiger partial charge in [0, 0.05) is 42.3 Å². The maximum absolute atomic E-state index is 12.7. The smallest absolute Gasteiger partial charge is 0.226 e. The van der Waals surface area contributed by atoms with Crippen LogP contribution in [0.5, 0.6) is 5.75 Å². The zero-order valence-corrected chi connectivity index (χ0v) is 13.4. The molecule has 0 atom stereocenters. The number of amides is 1. The number of hydrogen-bond acceptors (Lipinski definition) is 3. The van der Waals surface area contributed by atoms with Crippen LogP contribution in [0, 0.1) is 5.92 Å². The third-order valence-corrected chi connectivity index (χ3v) is 5.06. The Balaban J connectivity index is 1.58. The second kappa shape index (κ2) is 5.89. The average molecular weight is 314 g/mol. The fourth-order valence-electron chi connectivity index (χ4n) is 3.74. The molecule has 4 rings (SSSR count). The fourth-order valence-corrected chi connectivity index (χ4v) is 3.74. The van der Waals surface area contributed by atoms with Crippen molar-refractivity contribution in [3.63, 3.8) is 0 Å². The molecule has 3 heterocycles. The molecule has 0 radical (unpaired) electrons. The number of benzene rings is 1. The summed E-state index contributed by atoms with van der Waals surface area (Å²) in [6, 6.07) is 6.10. The zero-order chi connectivity index (χ0) is 15.8. The summed E-state index contributed by atoms with van der Waals surface area (Å²) in [5.41, 5.74) is 3.62. The molecular formula is C18H22N2O3. The van der Waals surface area contributed by atoms with E-state index in [1.54, 1.807) is 7.11 Å². The first-order valence-corrected chi connectivity index (χ1v) is 8.30. The Kier molecular flexibility index (Phi) is 3.73. The van der Waals surface area contributed by atoms with E-state index in [1.807, 2.05) is 11.0 Å². The molecule has 0 aliphatic carbocycles.